The Balaban J connectivity index is 1.61. The summed E-state index contributed by atoms with van der Waals surface area (Å²) in [5.74, 6) is 1.03. The fourth-order valence-electron chi connectivity index (χ4n) is 3.21. The standard InChI is InChI=1S/C19H20F3N7S/c1-2-15-25-18(30-27-15)29-9-5-8-28(10-11-29)16-12-14(19(20,21)22)24-17(26-16)13-6-3-4-7-23-13/h3-4,6-7,12H,2,5,8-11H2,1H3. The number of aryl methyl sites for hydroxylation is 1. The largest absolute Gasteiger partial charge is 0.433 e. The van der Waals surface area contributed by atoms with Crippen LogP contribution in [-0.4, -0.2) is 50.5 Å². The van der Waals surface area contributed by atoms with Crippen LogP contribution in [0.25, 0.3) is 11.5 Å². The number of halogens is 3. The summed E-state index contributed by atoms with van der Waals surface area (Å²) >= 11 is 1.36. The highest BCUT2D eigenvalue weighted by atomic mass is 32.1. The summed E-state index contributed by atoms with van der Waals surface area (Å²) in [4.78, 5) is 20.7. The number of aromatic nitrogens is 5. The molecule has 4 rings (SSSR count). The van der Waals surface area contributed by atoms with E-state index in [-0.39, 0.29) is 11.6 Å². The Morgan fingerprint density at radius 3 is 2.53 bits per heavy atom. The van der Waals surface area contributed by atoms with Crippen molar-refractivity contribution < 1.29 is 13.2 Å². The Morgan fingerprint density at radius 2 is 1.83 bits per heavy atom. The predicted octanol–water partition coefficient (Wildman–Crippen LogP) is 3.69. The van der Waals surface area contributed by atoms with Crippen LogP contribution in [0.3, 0.4) is 0 Å². The van der Waals surface area contributed by atoms with E-state index in [1.54, 1.807) is 18.2 Å². The van der Waals surface area contributed by atoms with Crippen LogP contribution in [0.4, 0.5) is 24.1 Å². The molecule has 3 aromatic heterocycles. The first-order valence-corrected chi connectivity index (χ1v) is 10.4. The van der Waals surface area contributed by atoms with E-state index in [0.717, 1.165) is 36.4 Å². The van der Waals surface area contributed by atoms with Crippen LogP contribution in [0.2, 0.25) is 0 Å². The van der Waals surface area contributed by atoms with Gasteiger partial charge in [0, 0.05) is 56.4 Å². The molecule has 3 aromatic rings. The van der Waals surface area contributed by atoms with Crippen molar-refractivity contribution in [2.45, 2.75) is 25.9 Å². The van der Waals surface area contributed by atoms with Crippen molar-refractivity contribution in [2.24, 2.45) is 0 Å². The quantitative estimate of drug-likeness (QED) is 0.619. The molecule has 1 aliphatic rings. The number of hydrogen-bond acceptors (Lipinski definition) is 8. The van der Waals surface area contributed by atoms with Gasteiger partial charge in [-0.15, -0.1) is 0 Å². The first-order chi connectivity index (χ1) is 14.4. The summed E-state index contributed by atoms with van der Waals surface area (Å²) < 4.78 is 44.8. The average molecular weight is 435 g/mol. The zero-order valence-electron chi connectivity index (χ0n) is 16.3. The summed E-state index contributed by atoms with van der Waals surface area (Å²) in [5, 5.41) is 0.849. The SMILES string of the molecule is CCc1nsc(N2CCCN(c3cc(C(F)(F)F)nc(-c4ccccn4)n3)CC2)n1. The van der Waals surface area contributed by atoms with Crippen molar-refractivity contribution in [3.8, 4) is 11.5 Å². The fourth-order valence-corrected chi connectivity index (χ4v) is 4.01. The molecule has 0 unspecified atom stereocenters. The molecule has 7 nitrogen and oxygen atoms in total. The van der Waals surface area contributed by atoms with E-state index in [1.165, 1.54) is 17.7 Å². The molecule has 1 fully saturated rings. The van der Waals surface area contributed by atoms with Gasteiger partial charge in [0.25, 0.3) is 0 Å². The second-order valence-electron chi connectivity index (χ2n) is 6.82. The first kappa shape index (κ1) is 20.5. The third kappa shape index (κ3) is 4.50. The monoisotopic (exact) mass is 435 g/mol. The minimum atomic E-state index is -4.57. The van der Waals surface area contributed by atoms with E-state index in [9.17, 15) is 13.2 Å². The number of nitrogens with zero attached hydrogens (tertiary/aromatic N) is 7. The molecule has 30 heavy (non-hydrogen) atoms. The molecule has 0 atom stereocenters. The topological polar surface area (TPSA) is 70.9 Å². The van der Waals surface area contributed by atoms with Crippen molar-refractivity contribution in [1.82, 2.24) is 24.3 Å². The van der Waals surface area contributed by atoms with Gasteiger partial charge < -0.3 is 9.80 Å². The Kier molecular flexibility index (Phi) is 5.80. The average Bonchev–Trinajstić information content (AvgIpc) is 3.10. The Labute approximate surface area is 175 Å². The van der Waals surface area contributed by atoms with Crippen LogP contribution in [0, 0.1) is 0 Å². The first-order valence-electron chi connectivity index (χ1n) is 9.64. The molecule has 11 heteroatoms. The molecule has 0 spiro atoms. The zero-order valence-corrected chi connectivity index (χ0v) is 17.1. The summed E-state index contributed by atoms with van der Waals surface area (Å²) in [6.45, 7) is 4.51. The van der Waals surface area contributed by atoms with Crippen molar-refractivity contribution in [3.63, 3.8) is 0 Å². The molecule has 158 valence electrons. The Hall–Kier alpha value is -2.82. The van der Waals surface area contributed by atoms with E-state index in [0.29, 0.717) is 25.3 Å². The highest BCUT2D eigenvalue weighted by Gasteiger charge is 2.34. The lowest BCUT2D eigenvalue weighted by atomic mass is 10.3. The van der Waals surface area contributed by atoms with E-state index in [1.807, 2.05) is 11.8 Å². The maximum Gasteiger partial charge on any atom is 0.433 e. The molecule has 0 bridgehead atoms. The van der Waals surface area contributed by atoms with E-state index in [2.05, 4.69) is 29.2 Å². The van der Waals surface area contributed by atoms with Crippen molar-refractivity contribution in [3.05, 3.63) is 42.0 Å². The summed E-state index contributed by atoms with van der Waals surface area (Å²) in [7, 11) is 0. The van der Waals surface area contributed by atoms with Gasteiger partial charge in [0.2, 0.25) is 5.13 Å². The number of pyridine rings is 1. The molecule has 4 heterocycles. The minimum Gasteiger partial charge on any atom is -0.355 e. The van der Waals surface area contributed by atoms with Crippen LogP contribution >= 0.6 is 11.5 Å². The summed E-state index contributed by atoms with van der Waals surface area (Å²) in [5.41, 5.74) is -0.659. The van der Waals surface area contributed by atoms with Crippen LogP contribution < -0.4 is 9.80 Å². The predicted molar refractivity (Wildman–Crippen MR) is 109 cm³/mol. The minimum absolute atomic E-state index is 0.0294. The van der Waals surface area contributed by atoms with Gasteiger partial charge in [0.1, 0.15) is 17.3 Å². The lowest BCUT2D eigenvalue weighted by Gasteiger charge is -2.23. The molecular weight excluding hydrogens is 415 g/mol. The van der Waals surface area contributed by atoms with E-state index >= 15 is 0 Å². The Morgan fingerprint density at radius 1 is 1.03 bits per heavy atom. The van der Waals surface area contributed by atoms with E-state index < -0.39 is 11.9 Å². The van der Waals surface area contributed by atoms with Gasteiger partial charge in [-0.3, -0.25) is 4.98 Å². The molecular formula is C19H20F3N7S. The molecule has 0 amide bonds. The normalized spacial score (nSPS) is 15.3. The second-order valence-corrected chi connectivity index (χ2v) is 7.55. The third-order valence-corrected chi connectivity index (χ3v) is 5.58. The number of hydrogen-bond donors (Lipinski definition) is 0. The molecule has 0 aromatic carbocycles. The maximum absolute atomic E-state index is 13.5. The van der Waals surface area contributed by atoms with Crippen LogP contribution in [0.5, 0.6) is 0 Å². The molecule has 1 aliphatic heterocycles. The summed E-state index contributed by atoms with van der Waals surface area (Å²) in [6.07, 6.45) is -1.52. The number of alkyl halides is 3. The lowest BCUT2D eigenvalue weighted by molar-refractivity contribution is -0.141. The van der Waals surface area contributed by atoms with Gasteiger partial charge >= 0.3 is 6.18 Å². The van der Waals surface area contributed by atoms with Gasteiger partial charge in [-0.25, -0.2) is 15.0 Å². The van der Waals surface area contributed by atoms with Gasteiger partial charge in [0.05, 0.1) is 0 Å². The van der Waals surface area contributed by atoms with E-state index in [4.69, 9.17) is 0 Å². The van der Waals surface area contributed by atoms with Gasteiger partial charge in [-0.05, 0) is 18.6 Å². The van der Waals surface area contributed by atoms with Crippen LogP contribution in [0.1, 0.15) is 24.9 Å². The van der Waals surface area contributed by atoms with Gasteiger partial charge in [-0.2, -0.15) is 17.5 Å². The van der Waals surface area contributed by atoms with Gasteiger partial charge in [-0.1, -0.05) is 13.0 Å². The van der Waals surface area contributed by atoms with Crippen molar-refractivity contribution in [2.75, 3.05) is 36.0 Å². The van der Waals surface area contributed by atoms with Crippen LogP contribution in [-0.2, 0) is 12.6 Å². The fraction of sp³-hybridized carbons (Fsp3) is 0.421. The number of rotatable bonds is 4. The molecule has 0 N–H and O–H groups in total. The third-order valence-electron chi connectivity index (χ3n) is 4.76. The second kappa shape index (κ2) is 8.50. The highest BCUT2D eigenvalue weighted by Crippen LogP contribution is 2.32. The molecule has 0 saturated carbocycles. The number of anilines is 2. The van der Waals surface area contributed by atoms with Crippen molar-refractivity contribution in [1.29, 1.82) is 0 Å². The van der Waals surface area contributed by atoms with Gasteiger partial charge in [0.15, 0.2) is 11.5 Å². The highest BCUT2D eigenvalue weighted by molar-refractivity contribution is 7.09. The molecule has 1 saturated heterocycles. The molecule has 0 radical (unpaired) electrons. The maximum atomic E-state index is 13.5. The van der Waals surface area contributed by atoms with Crippen LogP contribution in [0.15, 0.2) is 30.5 Å². The zero-order chi connectivity index (χ0) is 21.1. The smallest absolute Gasteiger partial charge is 0.355 e. The summed E-state index contributed by atoms with van der Waals surface area (Å²) in [6, 6.07) is 6.01. The lowest BCUT2D eigenvalue weighted by Crippen LogP contribution is -2.31. The molecule has 0 aliphatic carbocycles. The van der Waals surface area contributed by atoms with Crippen molar-refractivity contribution >= 4 is 22.5 Å². The Bertz CT molecular complexity index is 993.